The Labute approximate surface area is 217 Å². The highest BCUT2D eigenvalue weighted by atomic mass is 16.3. The molecule has 1 saturated carbocycles. The molecule has 3 aromatic carbocycles. The van der Waals surface area contributed by atoms with E-state index in [-0.39, 0.29) is 17.9 Å². The topological polar surface area (TPSA) is 95.0 Å². The molecule has 2 N–H and O–H groups in total. The van der Waals surface area contributed by atoms with E-state index >= 15 is 0 Å². The van der Waals surface area contributed by atoms with Gasteiger partial charge in [-0.25, -0.2) is 0 Å². The molecule has 192 valence electrons. The van der Waals surface area contributed by atoms with Crippen molar-refractivity contribution >= 4 is 16.7 Å². The summed E-state index contributed by atoms with van der Waals surface area (Å²) in [4.78, 5) is 15.1. The number of benzene rings is 3. The summed E-state index contributed by atoms with van der Waals surface area (Å²) in [5.41, 5.74) is 4.16. The number of carbonyl (C=O) groups is 1. The number of hydrogen-bond acceptors (Lipinski definition) is 5. The molecule has 1 fully saturated rings. The number of aromatic amines is 1. The summed E-state index contributed by atoms with van der Waals surface area (Å²) in [7, 11) is 0. The van der Waals surface area contributed by atoms with Gasteiger partial charge in [0.05, 0.1) is 6.61 Å². The van der Waals surface area contributed by atoms with Crippen LogP contribution < -0.4 is 0 Å². The lowest BCUT2D eigenvalue weighted by molar-refractivity contribution is -0.134. The first-order valence-corrected chi connectivity index (χ1v) is 13.3. The lowest BCUT2D eigenvalue weighted by atomic mass is 9.86. The highest BCUT2D eigenvalue weighted by Gasteiger charge is 2.36. The largest absolute Gasteiger partial charge is 0.396 e. The fourth-order valence-corrected chi connectivity index (χ4v) is 5.50. The van der Waals surface area contributed by atoms with Gasteiger partial charge in [-0.3, -0.25) is 4.79 Å². The molecule has 0 atom stereocenters. The van der Waals surface area contributed by atoms with Crippen molar-refractivity contribution in [1.82, 2.24) is 25.5 Å². The third kappa shape index (κ3) is 5.72. The number of tetrazole rings is 1. The molecule has 0 unspecified atom stereocenters. The number of fused-ring (bicyclic) bond motifs is 1. The number of nitrogens with one attached hydrogen (secondary N) is 1. The second kappa shape index (κ2) is 11.2. The van der Waals surface area contributed by atoms with Gasteiger partial charge in [0.25, 0.3) is 0 Å². The van der Waals surface area contributed by atoms with E-state index in [0.717, 1.165) is 71.6 Å². The monoisotopic (exact) mass is 497 g/mol. The number of H-pyrrole nitrogens is 1. The van der Waals surface area contributed by atoms with Crippen molar-refractivity contribution in [2.45, 2.75) is 58.4 Å². The van der Waals surface area contributed by atoms with Crippen molar-refractivity contribution in [3.8, 4) is 22.5 Å². The Morgan fingerprint density at radius 3 is 2.38 bits per heavy atom. The van der Waals surface area contributed by atoms with Crippen molar-refractivity contribution in [3.05, 3.63) is 66.2 Å². The Morgan fingerprint density at radius 1 is 0.973 bits per heavy atom. The van der Waals surface area contributed by atoms with Crippen LogP contribution in [0.4, 0.5) is 0 Å². The van der Waals surface area contributed by atoms with Gasteiger partial charge in [-0.05, 0) is 64.1 Å². The number of rotatable bonds is 10. The van der Waals surface area contributed by atoms with Crippen LogP contribution in [0.15, 0.2) is 60.7 Å². The van der Waals surface area contributed by atoms with Crippen LogP contribution >= 0.6 is 0 Å². The van der Waals surface area contributed by atoms with Gasteiger partial charge in [-0.1, -0.05) is 74.7 Å². The SMILES string of the molecule is CCCCC(=O)N(Cc1ccc2cc(-c3ccc(-c4nn[nH]n4)cc3)ccc2c1)CC1(CO)CCCC1. The quantitative estimate of drug-likeness (QED) is 0.291. The second-order valence-electron chi connectivity index (χ2n) is 10.4. The third-order valence-electron chi connectivity index (χ3n) is 7.72. The summed E-state index contributed by atoms with van der Waals surface area (Å²) in [6.07, 6.45) is 6.74. The average Bonchev–Trinajstić information content (AvgIpc) is 3.64. The molecule has 7 nitrogen and oxygen atoms in total. The summed E-state index contributed by atoms with van der Waals surface area (Å²) in [5, 5.41) is 26.7. The summed E-state index contributed by atoms with van der Waals surface area (Å²) in [6, 6.07) is 21.1. The van der Waals surface area contributed by atoms with E-state index in [0.29, 0.717) is 25.3 Å². The molecule has 5 rings (SSSR count). The molecule has 0 spiro atoms. The Hall–Kier alpha value is -3.58. The zero-order chi connectivity index (χ0) is 25.7. The van der Waals surface area contributed by atoms with E-state index in [1.807, 2.05) is 17.0 Å². The van der Waals surface area contributed by atoms with Gasteiger partial charge >= 0.3 is 0 Å². The maximum atomic E-state index is 13.1. The molecule has 0 aliphatic heterocycles. The first-order chi connectivity index (χ1) is 18.1. The number of hydrogen-bond donors (Lipinski definition) is 2. The number of amides is 1. The molecule has 7 heteroatoms. The van der Waals surface area contributed by atoms with Crippen molar-refractivity contribution in [1.29, 1.82) is 0 Å². The van der Waals surface area contributed by atoms with Crippen molar-refractivity contribution < 1.29 is 9.90 Å². The van der Waals surface area contributed by atoms with E-state index in [1.165, 1.54) is 0 Å². The minimum Gasteiger partial charge on any atom is -0.396 e. The number of unbranched alkanes of at least 4 members (excludes halogenated alkanes) is 1. The maximum Gasteiger partial charge on any atom is 0.222 e. The van der Waals surface area contributed by atoms with E-state index in [2.05, 4.69) is 76.1 Å². The molecule has 0 saturated heterocycles. The van der Waals surface area contributed by atoms with E-state index < -0.39 is 0 Å². The minimum absolute atomic E-state index is 0.146. The Kier molecular flexibility index (Phi) is 7.60. The summed E-state index contributed by atoms with van der Waals surface area (Å²) < 4.78 is 0. The van der Waals surface area contributed by atoms with Crippen molar-refractivity contribution in [2.24, 2.45) is 5.41 Å². The number of nitrogens with zero attached hydrogens (tertiary/aromatic N) is 4. The predicted octanol–water partition coefficient (Wildman–Crippen LogP) is 5.76. The lowest BCUT2D eigenvalue weighted by Gasteiger charge is -2.34. The molecule has 1 amide bonds. The zero-order valence-electron chi connectivity index (χ0n) is 21.5. The van der Waals surface area contributed by atoms with Crippen LogP contribution in [0.3, 0.4) is 0 Å². The lowest BCUT2D eigenvalue weighted by Crippen LogP contribution is -2.41. The van der Waals surface area contributed by atoms with Gasteiger partial charge in [0.1, 0.15) is 0 Å². The fraction of sp³-hybridized carbons (Fsp3) is 0.400. The first-order valence-electron chi connectivity index (χ1n) is 13.3. The molecular weight excluding hydrogens is 462 g/mol. The number of carbonyl (C=O) groups excluding carboxylic acids is 1. The summed E-state index contributed by atoms with van der Waals surface area (Å²) >= 11 is 0. The summed E-state index contributed by atoms with van der Waals surface area (Å²) in [5.74, 6) is 0.777. The Morgan fingerprint density at radius 2 is 1.68 bits per heavy atom. The maximum absolute atomic E-state index is 13.1. The van der Waals surface area contributed by atoms with Gasteiger partial charge in [0, 0.05) is 30.5 Å². The number of aliphatic hydroxyl groups excluding tert-OH is 1. The highest BCUT2D eigenvalue weighted by molar-refractivity contribution is 5.88. The van der Waals surface area contributed by atoms with Crippen LogP contribution in [0.1, 0.15) is 57.4 Å². The standard InChI is InChI=1S/C30H35N5O2/c1-2-3-6-28(37)35(20-30(21-36)15-4-5-16-30)19-22-7-8-27-18-26(14-13-25(27)17-22)23-9-11-24(12-10-23)29-31-33-34-32-29/h7-14,17-18,36H,2-6,15-16,19-21H2,1H3,(H,31,32,33,34). The minimum atomic E-state index is -0.146. The smallest absolute Gasteiger partial charge is 0.222 e. The van der Waals surface area contributed by atoms with Crippen LogP contribution in [0.5, 0.6) is 0 Å². The van der Waals surface area contributed by atoms with Gasteiger partial charge < -0.3 is 10.0 Å². The van der Waals surface area contributed by atoms with E-state index in [1.54, 1.807) is 0 Å². The van der Waals surface area contributed by atoms with Gasteiger partial charge in [-0.2, -0.15) is 5.21 Å². The fourth-order valence-electron chi connectivity index (χ4n) is 5.50. The zero-order valence-corrected chi connectivity index (χ0v) is 21.5. The van der Waals surface area contributed by atoms with E-state index in [4.69, 9.17) is 0 Å². The number of aromatic nitrogens is 4. The van der Waals surface area contributed by atoms with Crippen LogP contribution in [-0.4, -0.2) is 49.7 Å². The van der Waals surface area contributed by atoms with Crippen molar-refractivity contribution in [3.63, 3.8) is 0 Å². The Bertz CT molecular complexity index is 1330. The van der Waals surface area contributed by atoms with Gasteiger partial charge in [-0.15, -0.1) is 10.2 Å². The van der Waals surface area contributed by atoms with Crippen LogP contribution in [0, 0.1) is 5.41 Å². The highest BCUT2D eigenvalue weighted by Crippen LogP contribution is 2.39. The molecular formula is C30H35N5O2. The van der Waals surface area contributed by atoms with Crippen LogP contribution in [-0.2, 0) is 11.3 Å². The normalized spacial score (nSPS) is 14.8. The Balaban J connectivity index is 1.35. The summed E-state index contributed by atoms with van der Waals surface area (Å²) in [6.45, 7) is 3.49. The van der Waals surface area contributed by atoms with Crippen molar-refractivity contribution in [2.75, 3.05) is 13.2 Å². The molecule has 37 heavy (non-hydrogen) atoms. The van der Waals surface area contributed by atoms with Gasteiger partial charge in [0.2, 0.25) is 11.7 Å². The average molecular weight is 498 g/mol. The first kappa shape index (κ1) is 25.1. The van der Waals surface area contributed by atoms with Crippen LogP contribution in [0.2, 0.25) is 0 Å². The number of aliphatic hydroxyl groups is 1. The molecule has 1 aromatic heterocycles. The second-order valence-corrected chi connectivity index (χ2v) is 10.4. The molecule has 4 aromatic rings. The molecule has 1 aliphatic carbocycles. The van der Waals surface area contributed by atoms with Gasteiger partial charge in [0.15, 0.2) is 0 Å². The van der Waals surface area contributed by atoms with E-state index in [9.17, 15) is 9.90 Å². The van der Waals surface area contributed by atoms with Crippen LogP contribution in [0.25, 0.3) is 33.3 Å². The molecule has 0 bridgehead atoms. The third-order valence-corrected chi connectivity index (χ3v) is 7.72. The molecule has 1 aliphatic rings. The predicted molar refractivity (Wildman–Crippen MR) is 145 cm³/mol. The molecule has 1 heterocycles. The molecule has 0 radical (unpaired) electrons.